The van der Waals surface area contributed by atoms with Crippen molar-refractivity contribution in [1.29, 1.82) is 0 Å². The van der Waals surface area contributed by atoms with Gasteiger partial charge in [-0.15, -0.1) is 0 Å². The van der Waals surface area contributed by atoms with E-state index in [0.29, 0.717) is 10.0 Å². The number of aromatic nitrogens is 1. The van der Waals surface area contributed by atoms with Crippen LogP contribution in [0.3, 0.4) is 0 Å². The molecule has 112 valence electrons. The average Bonchev–Trinajstić information content (AvgIpc) is 2.64. The third kappa shape index (κ3) is 4.09. The fraction of sp³-hybridized carbons (Fsp3) is 0.583. The molecule has 7 nitrogen and oxygen atoms in total. The Hall–Kier alpha value is -1.83. The molecule has 0 atom stereocenters. The summed E-state index contributed by atoms with van der Waals surface area (Å²) in [6.07, 6.45) is 0. The Morgan fingerprint density at radius 1 is 1.35 bits per heavy atom. The molecule has 0 spiro atoms. The van der Waals surface area contributed by atoms with Gasteiger partial charge in [0.1, 0.15) is 10.7 Å². The molecule has 1 aromatic rings. The van der Waals surface area contributed by atoms with Gasteiger partial charge in [-0.3, -0.25) is 9.59 Å². The van der Waals surface area contributed by atoms with Crippen LogP contribution in [-0.2, 0) is 4.79 Å². The van der Waals surface area contributed by atoms with Crippen molar-refractivity contribution in [2.24, 2.45) is 5.73 Å². The van der Waals surface area contributed by atoms with E-state index in [4.69, 9.17) is 11.5 Å². The Bertz CT molecular complexity index is 498. The summed E-state index contributed by atoms with van der Waals surface area (Å²) in [7, 11) is 0. The number of nitrogen functional groups attached to an aromatic ring is 1. The summed E-state index contributed by atoms with van der Waals surface area (Å²) in [5.74, 6) is -0.723. The number of carbonyl (C=O) groups excluding carboxylic acids is 2. The molecule has 0 aromatic carbocycles. The zero-order valence-electron chi connectivity index (χ0n) is 12.1. The van der Waals surface area contributed by atoms with Crippen molar-refractivity contribution in [2.45, 2.75) is 39.8 Å². The highest BCUT2D eigenvalue weighted by Gasteiger charge is 2.25. The summed E-state index contributed by atoms with van der Waals surface area (Å²) in [6, 6.07) is 0.0355. The molecule has 0 radical (unpaired) electrons. The lowest BCUT2D eigenvalue weighted by Gasteiger charge is -2.24. The number of carbonyl (C=O) groups is 2. The molecular formula is C12H21N5O2S. The number of nitrogens with one attached hydrogen (secondary N) is 1. The summed E-state index contributed by atoms with van der Waals surface area (Å²) in [5.41, 5.74) is 10.9. The smallest absolute Gasteiger partial charge is 0.268 e. The molecular weight excluding hydrogens is 278 g/mol. The molecule has 1 heterocycles. The van der Waals surface area contributed by atoms with Crippen molar-refractivity contribution in [3.05, 3.63) is 4.88 Å². The molecule has 8 heteroatoms. The van der Waals surface area contributed by atoms with Crippen LogP contribution in [0, 0.1) is 0 Å². The Labute approximate surface area is 122 Å². The van der Waals surface area contributed by atoms with E-state index in [1.165, 1.54) is 16.2 Å². The van der Waals surface area contributed by atoms with Crippen LogP contribution in [0.25, 0.3) is 0 Å². The highest BCUT2D eigenvalue weighted by Crippen LogP contribution is 2.27. The van der Waals surface area contributed by atoms with Crippen molar-refractivity contribution >= 4 is 34.1 Å². The highest BCUT2D eigenvalue weighted by atomic mass is 32.1. The van der Waals surface area contributed by atoms with Gasteiger partial charge in [-0.05, 0) is 27.7 Å². The van der Waals surface area contributed by atoms with Gasteiger partial charge in [0.05, 0.1) is 6.54 Å². The molecule has 0 fully saturated rings. The topological polar surface area (TPSA) is 114 Å². The van der Waals surface area contributed by atoms with E-state index in [0.717, 1.165) is 0 Å². The third-order valence-electron chi connectivity index (χ3n) is 2.47. The second-order valence-electron chi connectivity index (χ2n) is 5.03. The minimum atomic E-state index is -0.560. The number of amides is 2. The van der Waals surface area contributed by atoms with Gasteiger partial charge in [-0.1, -0.05) is 11.3 Å². The van der Waals surface area contributed by atoms with Crippen LogP contribution in [0.2, 0.25) is 0 Å². The maximum absolute atomic E-state index is 12.4. The van der Waals surface area contributed by atoms with Gasteiger partial charge in [0.25, 0.3) is 5.91 Å². The normalized spacial score (nSPS) is 10.9. The Balaban J connectivity index is 2.99. The summed E-state index contributed by atoms with van der Waals surface area (Å²) in [5, 5.41) is 3.68. The van der Waals surface area contributed by atoms with Crippen LogP contribution in [0.15, 0.2) is 0 Å². The largest absolute Gasteiger partial charge is 0.382 e. The van der Waals surface area contributed by atoms with Crippen molar-refractivity contribution in [3.8, 4) is 0 Å². The molecule has 0 aliphatic rings. The summed E-state index contributed by atoms with van der Waals surface area (Å²) < 4.78 is 0. The first-order valence-electron chi connectivity index (χ1n) is 6.34. The van der Waals surface area contributed by atoms with Crippen LogP contribution in [0.1, 0.15) is 37.4 Å². The van der Waals surface area contributed by atoms with Crippen LogP contribution >= 0.6 is 11.3 Å². The number of anilines is 2. The number of primary amides is 1. The standard InChI is InChI=1S/C12H21N5O2S/c1-6(2)15-12-16-10(14)9(20-12)11(19)17(7(3)4)5-8(13)18/h6-7H,5,14H2,1-4H3,(H2,13,18)(H,15,16). The fourth-order valence-electron chi connectivity index (χ4n) is 1.58. The zero-order chi connectivity index (χ0) is 15.4. The minimum absolute atomic E-state index is 0.138. The van der Waals surface area contributed by atoms with E-state index < -0.39 is 5.91 Å². The molecule has 0 saturated heterocycles. The van der Waals surface area contributed by atoms with Gasteiger partial charge in [0, 0.05) is 12.1 Å². The molecule has 0 saturated carbocycles. The summed E-state index contributed by atoms with van der Waals surface area (Å²) in [4.78, 5) is 29.3. The monoisotopic (exact) mass is 299 g/mol. The van der Waals surface area contributed by atoms with Gasteiger partial charge >= 0.3 is 0 Å². The highest BCUT2D eigenvalue weighted by molar-refractivity contribution is 7.18. The fourth-order valence-corrected chi connectivity index (χ4v) is 2.57. The first-order valence-corrected chi connectivity index (χ1v) is 7.16. The van der Waals surface area contributed by atoms with Crippen molar-refractivity contribution < 1.29 is 9.59 Å². The molecule has 2 amide bonds. The number of nitrogens with two attached hydrogens (primary N) is 2. The first-order chi connectivity index (χ1) is 9.22. The SMILES string of the molecule is CC(C)Nc1nc(N)c(C(=O)N(CC(N)=O)C(C)C)s1. The Morgan fingerprint density at radius 2 is 1.95 bits per heavy atom. The quantitative estimate of drug-likeness (QED) is 0.721. The van der Waals surface area contributed by atoms with Crippen molar-refractivity contribution in [3.63, 3.8) is 0 Å². The van der Waals surface area contributed by atoms with Gasteiger partial charge < -0.3 is 21.7 Å². The minimum Gasteiger partial charge on any atom is -0.382 e. The van der Waals surface area contributed by atoms with E-state index in [-0.39, 0.29) is 30.4 Å². The lowest BCUT2D eigenvalue weighted by Crippen LogP contribution is -2.42. The maximum atomic E-state index is 12.4. The predicted octanol–water partition coefficient (Wildman–Crippen LogP) is 0.881. The number of hydrogen-bond acceptors (Lipinski definition) is 6. The Kier molecular flexibility index (Phi) is 5.32. The summed E-state index contributed by atoms with van der Waals surface area (Å²) >= 11 is 1.18. The zero-order valence-corrected chi connectivity index (χ0v) is 13.0. The number of rotatable bonds is 6. The summed E-state index contributed by atoms with van der Waals surface area (Å²) in [6.45, 7) is 7.41. The molecule has 0 aliphatic heterocycles. The van der Waals surface area contributed by atoms with Gasteiger partial charge in [-0.2, -0.15) is 0 Å². The van der Waals surface area contributed by atoms with E-state index in [9.17, 15) is 9.59 Å². The molecule has 1 aromatic heterocycles. The second kappa shape index (κ2) is 6.56. The third-order valence-corrected chi connectivity index (χ3v) is 3.46. The van der Waals surface area contributed by atoms with Crippen LogP contribution in [0.5, 0.6) is 0 Å². The van der Waals surface area contributed by atoms with E-state index in [1.807, 2.05) is 27.7 Å². The Morgan fingerprint density at radius 3 is 2.40 bits per heavy atom. The van der Waals surface area contributed by atoms with E-state index in [1.54, 1.807) is 0 Å². The van der Waals surface area contributed by atoms with E-state index in [2.05, 4.69) is 10.3 Å². The van der Waals surface area contributed by atoms with Gasteiger partial charge in [0.15, 0.2) is 5.13 Å². The predicted molar refractivity (Wildman–Crippen MR) is 80.7 cm³/mol. The number of hydrogen-bond donors (Lipinski definition) is 3. The van der Waals surface area contributed by atoms with Crippen LogP contribution < -0.4 is 16.8 Å². The van der Waals surface area contributed by atoms with Crippen LogP contribution in [-0.4, -0.2) is 40.3 Å². The van der Waals surface area contributed by atoms with E-state index >= 15 is 0 Å². The maximum Gasteiger partial charge on any atom is 0.268 e. The van der Waals surface area contributed by atoms with Gasteiger partial charge in [0.2, 0.25) is 5.91 Å². The number of nitrogens with zero attached hydrogens (tertiary/aromatic N) is 2. The average molecular weight is 299 g/mol. The molecule has 5 N–H and O–H groups in total. The molecule has 0 unspecified atom stereocenters. The lowest BCUT2D eigenvalue weighted by molar-refractivity contribution is -0.119. The number of thiazole rings is 1. The molecule has 20 heavy (non-hydrogen) atoms. The molecule has 0 bridgehead atoms. The van der Waals surface area contributed by atoms with Crippen molar-refractivity contribution in [2.75, 3.05) is 17.6 Å². The second-order valence-corrected chi connectivity index (χ2v) is 6.02. The molecule has 0 aliphatic carbocycles. The molecule has 1 rings (SSSR count). The van der Waals surface area contributed by atoms with Crippen LogP contribution in [0.4, 0.5) is 10.9 Å². The van der Waals surface area contributed by atoms with Crippen molar-refractivity contribution in [1.82, 2.24) is 9.88 Å². The first kappa shape index (κ1) is 16.2. The van der Waals surface area contributed by atoms with Gasteiger partial charge in [-0.25, -0.2) is 4.98 Å². The lowest BCUT2D eigenvalue weighted by atomic mass is 10.3.